The van der Waals surface area contributed by atoms with Crippen molar-refractivity contribution in [1.29, 1.82) is 0 Å². The van der Waals surface area contributed by atoms with Crippen LogP contribution in [0.25, 0.3) is 0 Å². The Kier molecular flexibility index (Phi) is 9.30. The Balaban J connectivity index is 0.00000300. The minimum Gasteiger partial charge on any atom is -0.371 e. The molecule has 3 heterocycles. The van der Waals surface area contributed by atoms with Gasteiger partial charge in [0.1, 0.15) is 11.9 Å². The largest absolute Gasteiger partial charge is 0.371 e. The molecule has 1 fully saturated rings. The molecule has 1 N–H and O–H groups in total. The van der Waals surface area contributed by atoms with E-state index in [1.165, 1.54) is 0 Å². The number of hydrogen-bond acceptors (Lipinski definition) is 8. The van der Waals surface area contributed by atoms with E-state index in [-0.39, 0.29) is 30.1 Å². The summed E-state index contributed by atoms with van der Waals surface area (Å²) < 4.78 is 15.9. The second-order valence-electron chi connectivity index (χ2n) is 6.74. The molecule has 0 aromatic carbocycles. The maximum Gasteiger partial charge on any atom is 0.246 e. The third kappa shape index (κ3) is 6.64. The summed E-state index contributed by atoms with van der Waals surface area (Å²) in [7, 11) is 1.78. The molecule has 162 valence electrons. The van der Waals surface area contributed by atoms with Gasteiger partial charge in [0, 0.05) is 52.4 Å². The first-order chi connectivity index (χ1) is 13.6. The fraction of sp³-hybridized carbons (Fsp3) is 0.667. The fourth-order valence-corrected chi connectivity index (χ4v) is 3.16. The number of ether oxygens (including phenoxy) is 1. The van der Waals surface area contributed by atoms with Gasteiger partial charge in [0.2, 0.25) is 5.89 Å². The van der Waals surface area contributed by atoms with Crippen LogP contribution >= 0.6 is 24.0 Å². The number of nitrogens with one attached hydrogen (secondary N) is 1. The van der Waals surface area contributed by atoms with Crippen LogP contribution in [0.4, 0.5) is 0 Å². The summed E-state index contributed by atoms with van der Waals surface area (Å²) in [4.78, 5) is 13.3. The van der Waals surface area contributed by atoms with Crippen LogP contribution in [-0.2, 0) is 17.8 Å². The van der Waals surface area contributed by atoms with Crippen molar-refractivity contribution >= 4 is 29.9 Å². The first kappa shape index (κ1) is 23.5. The molecule has 0 aliphatic carbocycles. The molecule has 2 aromatic heterocycles. The van der Waals surface area contributed by atoms with E-state index in [1.54, 1.807) is 7.05 Å². The van der Waals surface area contributed by atoms with Crippen LogP contribution in [-0.4, -0.2) is 70.9 Å². The number of aryl methyl sites for hydroxylation is 1. The Morgan fingerprint density at radius 1 is 1.28 bits per heavy atom. The molecular formula is C18H30IN7O3. The van der Waals surface area contributed by atoms with E-state index in [0.717, 1.165) is 50.1 Å². The molecule has 3 rings (SSSR count). The van der Waals surface area contributed by atoms with E-state index in [2.05, 4.69) is 35.4 Å². The highest BCUT2D eigenvalue weighted by atomic mass is 127. The lowest BCUT2D eigenvalue weighted by Gasteiger charge is -2.36. The van der Waals surface area contributed by atoms with Gasteiger partial charge in [0.15, 0.2) is 11.8 Å². The van der Waals surface area contributed by atoms with E-state index in [1.807, 2.05) is 26.8 Å². The first-order valence-electron chi connectivity index (χ1n) is 9.63. The van der Waals surface area contributed by atoms with Crippen molar-refractivity contribution in [1.82, 2.24) is 30.4 Å². The number of hydrogen-bond donors (Lipinski definition) is 1. The van der Waals surface area contributed by atoms with E-state index in [4.69, 9.17) is 13.8 Å². The molecule has 1 unspecified atom stereocenters. The smallest absolute Gasteiger partial charge is 0.246 e. The Labute approximate surface area is 188 Å². The number of piperazine rings is 1. The zero-order valence-electron chi connectivity index (χ0n) is 17.4. The number of halogens is 1. The molecule has 0 amide bonds. The molecule has 2 aromatic rings. The summed E-state index contributed by atoms with van der Waals surface area (Å²) >= 11 is 0. The average Bonchev–Trinajstić information content (AvgIpc) is 3.33. The Hall–Kier alpha value is -1.73. The van der Waals surface area contributed by atoms with E-state index in [9.17, 15) is 0 Å². The SMILES string of the molecule is CCOC(C)c1noc(CNC(=NC)N2CCN(Cc3cc(C)on3)CC2)n1.I. The molecule has 0 spiro atoms. The topological polar surface area (TPSA) is 105 Å². The summed E-state index contributed by atoms with van der Waals surface area (Å²) in [5.74, 6) is 2.75. The summed E-state index contributed by atoms with van der Waals surface area (Å²) in [6.07, 6.45) is -0.177. The van der Waals surface area contributed by atoms with Crippen LogP contribution in [0.2, 0.25) is 0 Å². The van der Waals surface area contributed by atoms with Gasteiger partial charge in [-0.15, -0.1) is 24.0 Å². The molecular weight excluding hydrogens is 489 g/mol. The van der Waals surface area contributed by atoms with Crippen molar-refractivity contribution in [2.45, 2.75) is 40.0 Å². The zero-order valence-corrected chi connectivity index (χ0v) is 19.8. The molecule has 1 saturated heterocycles. The fourth-order valence-electron chi connectivity index (χ4n) is 3.16. The van der Waals surface area contributed by atoms with Crippen LogP contribution in [0.15, 0.2) is 20.1 Å². The molecule has 0 radical (unpaired) electrons. The standard InChI is InChI=1S/C18H29N7O3.HI/c1-5-26-14(3)17-21-16(28-23-17)11-20-18(19-4)25-8-6-24(7-9-25)12-15-10-13(2)27-22-15;/h10,14H,5-9,11-12H2,1-4H3,(H,19,20);1H. The van der Waals surface area contributed by atoms with Crippen LogP contribution in [0.3, 0.4) is 0 Å². The molecule has 0 bridgehead atoms. The summed E-state index contributed by atoms with van der Waals surface area (Å²) in [6, 6.07) is 1.98. The molecule has 1 atom stereocenters. The monoisotopic (exact) mass is 519 g/mol. The number of aliphatic imine (C=N–C) groups is 1. The zero-order chi connectivity index (χ0) is 19.9. The van der Waals surface area contributed by atoms with Gasteiger partial charge in [-0.25, -0.2) is 0 Å². The number of rotatable bonds is 7. The second kappa shape index (κ2) is 11.5. The lowest BCUT2D eigenvalue weighted by atomic mass is 10.3. The van der Waals surface area contributed by atoms with Crippen molar-refractivity contribution in [2.75, 3.05) is 39.8 Å². The highest BCUT2D eigenvalue weighted by Gasteiger charge is 2.21. The van der Waals surface area contributed by atoms with Gasteiger partial charge in [0.25, 0.3) is 0 Å². The van der Waals surface area contributed by atoms with E-state index in [0.29, 0.717) is 24.9 Å². The minimum atomic E-state index is -0.177. The number of guanidine groups is 1. The Morgan fingerprint density at radius 2 is 2.03 bits per heavy atom. The van der Waals surface area contributed by atoms with Crippen molar-refractivity contribution in [3.63, 3.8) is 0 Å². The normalized spacial score (nSPS) is 16.6. The van der Waals surface area contributed by atoms with Crippen LogP contribution < -0.4 is 5.32 Å². The molecule has 0 saturated carbocycles. The molecule has 10 nitrogen and oxygen atoms in total. The Morgan fingerprint density at radius 3 is 2.66 bits per heavy atom. The van der Waals surface area contributed by atoms with Gasteiger partial charge in [-0.3, -0.25) is 9.89 Å². The summed E-state index contributed by atoms with van der Waals surface area (Å²) in [5, 5.41) is 11.3. The maximum absolute atomic E-state index is 5.48. The van der Waals surface area contributed by atoms with Gasteiger partial charge < -0.3 is 24.0 Å². The summed E-state index contributed by atoms with van der Waals surface area (Å²) in [6.45, 7) is 11.2. The van der Waals surface area contributed by atoms with E-state index >= 15 is 0 Å². The molecule has 11 heteroatoms. The predicted molar refractivity (Wildman–Crippen MR) is 118 cm³/mol. The predicted octanol–water partition coefficient (Wildman–Crippen LogP) is 1.97. The van der Waals surface area contributed by atoms with Gasteiger partial charge in [0.05, 0.1) is 12.2 Å². The number of aromatic nitrogens is 3. The lowest BCUT2D eigenvalue weighted by molar-refractivity contribution is 0.0683. The minimum absolute atomic E-state index is 0. The summed E-state index contributed by atoms with van der Waals surface area (Å²) in [5.41, 5.74) is 0.974. The third-order valence-electron chi connectivity index (χ3n) is 4.61. The molecule has 29 heavy (non-hydrogen) atoms. The van der Waals surface area contributed by atoms with Gasteiger partial charge in [-0.05, 0) is 20.8 Å². The van der Waals surface area contributed by atoms with Crippen molar-refractivity contribution in [3.8, 4) is 0 Å². The number of nitrogens with zero attached hydrogens (tertiary/aromatic N) is 6. The highest BCUT2D eigenvalue weighted by Crippen LogP contribution is 2.13. The average molecular weight is 519 g/mol. The molecule has 1 aliphatic heterocycles. The third-order valence-corrected chi connectivity index (χ3v) is 4.61. The Bertz CT molecular complexity index is 771. The van der Waals surface area contributed by atoms with Crippen molar-refractivity contribution < 1.29 is 13.8 Å². The van der Waals surface area contributed by atoms with Crippen LogP contribution in [0.1, 0.15) is 43.1 Å². The highest BCUT2D eigenvalue weighted by molar-refractivity contribution is 14.0. The van der Waals surface area contributed by atoms with Crippen molar-refractivity contribution in [3.05, 3.63) is 29.2 Å². The lowest BCUT2D eigenvalue weighted by Crippen LogP contribution is -2.52. The first-order valence-corrected chi connectivity index (χ1v) is 9.63. The van der Waals surface area contributed by atoms with Crippen LogP contribution in [0, 0.1) is 6.92 Å². The van der Waals surface area contributed by atoms with E-state index < -0.39 is 0 Å². The quantitative estimate of drug-likeness (QED) is 0.334. The van der Waals surface area contributed by atoms with Gasteiger partial charge >= 0.3 is 0 Å². The maximum atomic E-state index is 5.48. The van der Waals surface area contributed by atoms with Gasteiger partial charge in [-0.1, -0.05) is 10.3 Å². The van der Waals surface area contributed by atoms with Gasteiger partial charge in [-0.2, -0.15) is 4.98 Å². The second-order valence-corrected chi connectivity index (χ2v) is 6.74. The van der Waals surface area contributed by atoms with Crippen LogP contribution in [0.5, 0.6) is 0 Å². The van der Waals surface area contributed by atoms with Crippen molar-refractivity contribution in [2.24, 2.45) is 4.99 Å². The molecule has 1 aliphatic rings.